The highest BCUT2D eigenvalue weighted by molar-refractivity contribution is 7.09. The fraction of sp³-hybridized carbons (Fsp3) is 0.167. The van der Waals surface area contributed by atoms with Gasteiger partial charge in [-0.3, -0.25) is 14.6 Å². The molecule has 0 spiro atoms. The molecule has 6 rings (SSSR count). The van der Waals surface area contributed by atoms with Crippen LogP contribution in [0, 0.1) is 5.82 Å². The fourth-order valence-electron chi connectivity index (χ4n) is 4.97. The van der Waals surface area contributed by atoms with E-state index in [1.54, 1.807) is 54.6 Å². The van der Waals surface area contributed by atoms with E-state index in [4.69, 9.17) is 14.3 Å². The fourth-order valence-corrected chi connectivity index (χ4v) is 6.56. The van der Waals surface area contributed by atoms with Gasteiger partial charge in [0.1, 0.15) is 30.0 Å². The highest BCUT2D eigenvalue weighted by Gasteiger charge is 2.18. The van der Waals surface area contributed by atoms with E-state index in [9.17, 15) is 29.3 Å². The Hall–Kier alpha value is -5.37. The second-order valence-electron chi connectivity index (χ2n) is 11.1. The summed E-state index contributed by atoms with van der Waals surface area (Å²) < 4.78 is 25.7. The maximum absolute atomic E-state index is 13.4. The molecule has 4 aromatic carbocycles. The van der Waals surface area contributed by atoms with Gasteiger partial charge in [0, 0.05) is 19.3 Å². The maximum Gasteiger partial charge on any atom is 0.344 e. The minimum Gasteiger partial charge on any atom is -0.494 e. The van der Waals surface area contributed by atoms with Gasteiger partial charge in [-0.05, 0) is 70.8 Å². The number of hydrogen-bond acceptors (Lipinski definition) is 10. The third-order valence-corrected chi connectivity index (χ3v) is 9.28. The number of hydrogen-bond donors (Lipinski definition) is 4. The van der Waals surface area contributed by atoms with Crippen LogP contribution in [0.15, 0.2) is 107 Å². The zero-order valence-electron chi connectivity index (χ0n) is 25.9. The van der Waals surface area contributed by atoms with Crippen molar-refractivity contribution in [1.29, 1.82) is 0 Å². The molecule has 0 aliphatic rings. The van der Waals surface area contributed by atoms with Crippen LogP contribution < -0.4 is 24.1 Å². The Bertz CT molecular complexity index is 2140. The average molecular weight is 703 g/mol. The van der Waals surface area contributed by atoms with Crippen molar-refractivity contribution in [2.75, 3.05) is 13.2 Å². The first-order chi connectivity index (χ1) is 23.7. The number of aromatic hydroxyl groups is 2. The Morgan fingerprint density at radius 1 is 0.755 bits per heavy atom. The Morgan fingerprint density at radius 2 is 1.43 bits per heavy atom. The quantitative estimate of drug-likeness (QED) is 0.109. The molecule has 0 aliphatic heterocycles. The summed E-state index contributed by atoms with van der Waals surface area (Å²) in [7, 11) is 0. The normalized spacial score (nSPS) is 11.7. The van der Waals surface area contributed by atoms with E-state index in [1.165, 1.54) is 12.1 Å². The molecule has 252 valence electrons. The second kappa shape index (κ2) is 15.2. The minimum absolute atomic E-state index is 0.0619. The summed E-state index contributed by atoms with van der Waals surface area (Å²) in [6.45, 7) is 0.327. The lowest BCUT2D eigenvalue weighted by Gasteiger charge is -2.14. The van der Waals surface area contributed by atoms with Gasteiger partial charge >= 0.3 is 9.75 Å². The van der Waals surface area contributed by atoms with Crippen LogP contribution in [0.2, 0.25) is 0 Å². The van der Waals surface area contributed by atoms with E-state index in [1.807, 2.05) is 30.3 Å². The number of aliphatic hydroxyl groups is 1. The van der Waals surface area contributed by atoms with E-state index in [2.05, 4.69) is 4.98 Å². The van der Waals surface area contributed by atoms with Crippen LogP contribution in [0.5, 0.6) is 29.0 Å². The zero-order chi connectivity index (χ0) is 34.3. The molecule has 0 aliphatic carbocycles. The van der Waals surface area contributed by atoms with Crippen LogP contribution in [-0.2, 0) is 19.3 Å². The molecule has 13 heteroatoms. The van der Waals surface area contributed by atoms with Gasteiger partial charge in [0.15, 0.2) is 5.75 Å². The molecule has 0 radical (unpaired) electrons. The lowest BCUT2D eigenvalue weighted by atomic mass is 10.1. The Labute approximate surface area is 287 Å². The molecule has 2 aromatic heterocycles. The van der Waals surface area contributed by atoms with Gasteiger partial charge in [0.05, 0.1) is 16.4 Å². The number of nitrogens with zero attached hydrogens (tertiary/aromatic N) is 1. The van der Waals surface area contributed by atoms with Crippen LogP contribution in [-0.4, -0.2) is 38.2 Å². The van der Waals surface area contributed by atoms with Crippen molar-refractivity contribution in [2.24, 2.45) is 0 Å². The Kier molecular flexibility index (Phi) is 10.4. The molecule has 6 aromatic rings. The van der Waals surface area contributed by atoms with E-state index in [0.29, 0.717) is 52.7 Å². The molecule has 0 saturated carbocycles. The van der Waals surface area contributed by atoms with E-state index < -0.39 is 11.0 Å². The number of benzene rings is 4. The molecule has 2 heterocycles. The molecule has 1 atom stereocenters. The SMILES string of the molecule is O=c1[nH]c(O)c(Cc2ccc(OCC(O)c3cccc(On4c(O)c(Cc5ccc(OCCc6cccc(F)c6)cc5)sc4=O)c3)cc2)s1. The zero-order valence-corrected chi connectivity index (χ0v) is 27.5. The number of H-pyrrole nitrogens is 1. The lowest BCUT2D eigenvalue weighted by molar-refractivity contribution is 0.107. The van der Waals surface area contributed by atoms with Gasteiger partial charge in [-0.15, -0.1) is 0 Å². The summed E-state index contributed by atoms with van der Waals surface area (Å²) in [4.78, 5) is 32.4. The Balaban J connectivity index is 1.02. The molecule has 4 N–H and O–H groups in total. The summed E-state index contributed by atoms with van der Waals surface area (Å²) in [5.41, 5.74) is 3.04. The largest absolute Gasteiger partial charge is 0.494 e. The molecule has 0 saturated heterocycles. The number of thiazole rings is 2. The van der Waals surface area contributed by atoms with Gasteiger partial charge < -0.3 is 29.6 Å². The molecule has 49 heavy (non-hydrogen) atoms. The molecular formula is C36H31FN2O8S2. The molecule has 0 fully saturated rings. The summed E-state index contributed by atoms with van der Waals surface area (Å²) in [5.74, 6) is 0.675. The Morgan fingerprint density at radius 3 is 2.10 bits per heavy atom. The van der Waals surface area contributed by atoms with Gasteiger partial charge in [0.2, 0.25) is 11.8 Å². The predicted molar refractivity (Wildman–Crippen MR) is 184 cm³/mol. The van der Waals surface area contributed by atoms with Gasteiger partial charge in [-0.25, -0.2) is 4.39 Å². The number of aromatic nitrogens is 2. The number of ether oxygens (including phenoxy) is 2. The topological polar surface area (TPSA) is 143 Å². The van der Waals surface area contributed by atoms with Crippen molar-refractivity contribution in [1.82, 2.24) is 9.71 Å². The van der Waals surface area contributed by atoms with Crippen molar-refractivity contribution in [3.63, 3.8) is 0 Å². The van der Waals surface area contributed by atoms with Crippen LogP contribution in [0.1, 0.15) is 38.1 Å². The number of aromatic amines is 1. The predicted octanol–water partition coefficient (Wildman–Crippen LogP) is 5.97. The number of nitrogens with one attached hydrogen (secondary N) is 1. The smallest absolute Gasteiger partial charge is 0.344 e. The third kappa shape index (κ3) is 8.76. The first-order valence-corrected chi connectivity index (χ1v) is 16.8. The summed E-state index contributed by atoms with van der Waals surface area (Å²) in [5, 5.41) is 31.4. The number of rotatable bonds is 14. The monoisotopic (exact) mass is 702 g/mol. The van der Waals surface area contributed by atoms with E-state index >= 15 is 0 Å². The van der Waals surface area contributed by atoms with Gasteiger partial charge in [-0.2, -0.15) is 0 Å². The maximum atomic E-state index is 13.4. The standard InChI is InChI=1S/C36H31FN2O8S2/c37-26-5-1-3-22(17-26)15-16-45-27-11-7-24(8-12-27)19-32-34(42)39(36(44)49-32)47-29-6-2-4-25(20-29)30(40)21-46-28-13-9-23(10-14-28)18-31-33(41)38-35(43)48-31/h1-14,17,20,30,40-42H,15-16,18-19,21H2,(H,38,43). The summed E-state index contributed by atoms with van der Waals surface area (Å²) in [6.07, 6.45) is 0.224. The van der Waals surface area contributed by atoms with Crippen molar-refractivity contribution < 1.29 is 34.0 Å². The third-order valence-electron chi connectivity index (χ3n) is 7.49. The minimum atomic E-state index is -1.02. The van der Waals surface area contributed by atoms with Crippen molar-refractivity contribution >= 4 is 22.7 Å². The molecule has 0 amide bonds. The molecule has 0 bridgehead atoms. The average Bonchev–Trinajstić information content (AvgIpc) is 3.55. The van der Waals surface area contributed by atoms with Crippen LogP contribution >= 0.6 is 22.7 Å². The van der Waals surface area contributed by atoms with Gasteiger partial charge in [0.25, 0.3) is 0 Å². The molecule has 10 nitrogen and oxygen atoms in total. The number of aliphatic hydroxyl groups excluding tert-OH is 1. The van der Waals surface area contributed by atoms with Crippen molar-refractivity contribution in [3.8, 4) is 29.0 Å². The molecular weight excluding hydrogens is 672 g/mol. The number of halogens is 1. The first kappa shape index (κ1) is 33.5. The first-order valence-electron chi connectivity index (χ1n) is 15.2. The second-order valence-corrected chi connectivity index (χ2v) is 13.2. The summed E-state index contributed by atoms with van der Waals surface area (Å²) in [6, 6.07) is 27.3. The lowest BCUT2D eigenvalue weighted by Crippen LogP contribution is -2.18. The van der Waals surface area contributed by atoms with Crippen LogP contribution in [0.4, 0.5) is 4.39 Å². The molecule has 1 unspecified atom stereocenters. The van der Waals surface area contributed by atoms with Crippen LogP contribution in [0.25, 0.3) is 0 Å². The van der Waals surface area contributed by atoms with Gasteiger partial charge in [-0.1, -0.05) is 75.9 Å². The highest BCUT2D eigenvalue weighted by atomic mass is 32.1. The van der Waals surface area contributed by atoms with E-state index in [-0.39, 0.29) is 34.8 Å². The van der Waals surface area contributed by atoms with E-state index in [0.717, 1.165) is 44.1 Å². The van der Waals surface area contributed by atoms with Crippen LogP contribution in [0.3, 0.4) is 0 Å². The van der Waals surface area contributed by atoms with Crippen molar-refractivity contribution in [3.05, 3.63) is 154 Å². The highest BCUT2D eigenvalue weighted by Crippen LogP contribution is 2.27. The van der Waals surface area contributed by atoms with Crippen molar-refractivity contribution in [2.45, 2.75) is 25.4 Å². The summed E-state index contributed by atoms with van der Waals surface area (Å²) >= 11 is 1.82.